The van der Waals surface area contributed by atoms with Gasteiger partial charge in [0.25, 0.3) is 0 Å². The number of aryl methyl sites for hydroxylation is 1. The molecule has 2 aromatic carbocycles. The molecule has 0 N–H and O–H groups in total. The van der Waals surface area contributed by atoms with Crippen molar-refractivity contribution in [3.05, 3.63) is 77.4 Å². The summed E-state index contributed by atoms with van der Waals surface area (Å²) in [6, 6.07) is 10.4. The van der Waals surface area contributed by atoms with Crippen molar-refractivity contribution in [2.75, 3.05) is 6.61 Å². The molecule has 0 fully saturated rings. The monoisotopic (exact) mass is 370 g/mol. The highest BCUT2D eigenvalue weighted by molar-refractivity contribution is 5.82. The number of unbranched alkanes of at least 4 members (excludes halogenated alkanes) is 2. The molecule has 142 valence electrons. The Labute approximate surface area is 159 Å². The van der Waals surface area contributed by atoms with Gasteiger partial charge in [-0.25, -0.2) is 8.78 Å². The van der Waals surface area contributed by atoms with Crippen molar-refractivity contribution in [3.63, 3.8) is 0 Å². The molecule has 2 aromatic rings. The fourth-order valence-electron chi connectivity index (χ4n) is 2.48. The van der Waals surface area contributed by atoms with E-state index in [2.05, 4.69) is 35.8 Å². The SMILES string of the molecule is C=CCOc1c(F)cc(/C=N/N=C/c2ccc(CCCCC)cc2)cc1F. The number of ether oxygens (including phenoxy) is 1. The molecule has 0 spiro atoms. The van der Waals surface area contributed by atoms with E-state index >= 15 is 0 Å². The fourth-order valence-corrected chi connectivity index (χ4v) is 2.48. The number of nitrogens with zero attached hydrogens (tertiary/aromatic N) is 2. The van der Waals surface area contributed by atoms with Crippen LogP contribution < -0.4 is 4.74 Å². The van der Waals surface area contributed by atoms with Gasteiger partial charge in [0.1, 0.15) is 6.61 Å². The van der Waals surface area contributed by atoms with Crippen molar-refractivity contribution >= 4 is 12.4 Å². The van der Waals surface area contributed by atoms with Gasteiger partial charge in [0.05, 0.1) is 12.4 Å². The van der Waals surface area contributed by atoms with Crippen LogP contribution in [-0.4, -0.2) is 19.0 Å². The summed E-state index contributed by atoms with van der Waals surface area (Å²) in [5.41, 5.74) is 2.48. The average Bonchev–Trinajstić information content (AvgIpc) is 2.66. The largest absolute Gasteiger partial charge is 0.483 e. The lowest BCUT2D eigenvalue weighted by molar-refractivity contribution is 0.321. The minimum atomic E-state index is -0.791. The molecule has 0 aliphatic carbocycles. The predicted octanol–water partition coefficient (Wildman–Crippen LogP) is 5.72. The van der Waals surface area contributed by atoms with E-state index in [0.29, 0.717) is 0 Å². The van der Waals surface area contributed by atoms with E-state index < -0.39 is 17.4 Å². The summed E-state index contributed by atoms with van der Waals surface area (Å²) in [5.74, 6) is -2.00. The number of rotatable bonds is 10. The van der Waals surface area contributed by atoms with E-state index in [1.807, 2.05) is 12.1 Å². The van der Waals surface area contributed by atoms with Crippen LogP contribution in [-0.2, 0) is 6.42 Å². The van der Waals surface area contributed by atoms with Crippen LogP contribution in [0.5, 0.6) is 5.75 Å². The van der Waals surface area contributed by atoms with E-state index in [1.54, 1.807) is 6.21 Å². The van der Waals surface area contributed by atoms with Gasteiger partial charge in [-0.3, -0.25) is 0 Å². The molecule has 0 saturated carbocycles. The highest BCUT2D eigenvalue weighted by Crippen LogP contribution is 2.22. The summed E-state index contributed by atoms with van der Waals surface area (Å²) in [7, 11) is 0. The Bertz CT molecular complexity index is 775. The molecule has 0 bridgehead atoms. The zero-order valence-electron chi connectivity index (χ0n) is 15.5. The maximum absolute atomic E-state index is 13.9. The van der Waals surface area contributed by atoms with Crippen molar-refractivity contribution in [1.82, 2.24) is 0 Å². The smallest absolute Gasteiger partial charge is 0.191 e. The van der Waals surface area contributed by atoms with Crippen LogP contribution in [0, 0.1) is 11.6 Å². The van der Waals surface area contributed by atoms with Gasteiger partial charge < -0.3 is 4.74 Å². The maximum atomic E-state index is 13.9. The second-order valence-corrected chi connectivity index (χ2v) is 6.10. The molecular formula is C22H24F2N2O. The van der Waals surface area contributed by atoms with Gasteiger partial charge in [0.15, 0.2) is 17.4 Å². The quantitative estimate of drug-likeness (QED) is 0.228. The van der Waals surface area contributed by atoms with Crippen LogP contribution >= 0.6 is 0 Å². The molecule has 3 nitrogen and oxygen atoms in total. The Kier molecular flexibility index (Phi) is 8.36. The molecule has 0 heterocycles. The normalized spacial score (nSPS) is 11.4. The van der Waals surface area contributed by atoms with Crippen molar-refractivity contribution in [3.8, 4) is 5.75 Å². The van der Waals surface area contributed by atoms with Crippen LogP contribution in [0.25, 0.3) is 0 Å². The minimum Gasteiger partial charge on any atom is -0.483 e. The molecule has 27 heavy (non-hydrogen) atoms. The van der Waals surface area contributed by atoms with Crippen molar-refractivity contribution < 1.29 is 13.5 Å². The van der Waals surface area contributed by atoms with E-state index in [9.17, 15) is 8.78 Å². The Balaban J connectivity index is 1.95. The summed E-state index contributed by atoms with van der Waals surface area (Å²) in [6.07, 6.45) is 9.02. The summed E-state index contributed by atoms with van der Waals surface area (Å²) in [5, 5.41) is 7.78. The van der Waals surface area contributed by atoms with Gasteiger partial charge in [-0.1, -0.05) is 56.7 Å². The standard InChI is InChI=1S/C22H24F2N2O/c1-3-5-6-7-17-8-10-18(11-9-17)15-25-26-16-19-13-20(23)22(21(24)14-19)27-12-4-2/h4,8-11,13-16H,2-3,5-7,12H2,1H3/b25-15+,26-16+. The number of hydrogen-bond acceptors (Lipinski definition) is 3. The van der Waals surface area contributed by atoms with Crippen LogP contribution in [0.1, 0.15) is 42.9 Å². The first-order valence-electron chi connectivity index (χ1n) is 9.02. The third-order valence-corrected chi connectivity index (χ3v) is 3.90. The first-order valence-corrected chi connectivity index (χ1v) is 9.02. The minimum absolute atomic E-state index is 0.0307. The number of benzene rings is 2. The molecule has 0 amide bonds. The first kappa shape index (κ1) is 20.5. The van der Waals surface area contributed by atoms with Gasteiger partial charge in [-0.2, -0.15) is 10.2 Å². The van der Waals surface area contributed by atoms with E-state index in [1.165, 1.54) is 37.1 Å². The topological polar surface area (TPSA) is 34.0 Å². The molecule has 0 aromatic heterocycles. The Morgan fingerprint density at radius 2 is 1.59 bits per heavy atom. The Hall–Kier alpha value is -2.82. The molecule has 0 radical (unpaired) electrons. The van der Waals surface area contributed by atoms with Crippen LogP contribution in [0.4, 0.5) is 8.78 Å². The second kappa shape index (κ2) is 11.0. The lowest BCUT2D eigenvalue weighted by Gasteiger charge is -2.06. The molecule has 5 heteroatoms. The highest BCUT2D eigenvalue weighted by Gasteiger charge is 2.11. The molecule has 0 aliphatic rings. The predicted molar refractivity (Wildman–Crippen MR) is 107 cm³/mol. The van der Waals surface area contributed by atoms with Gasteiger partial charge in [0.2, 0.25) is 0 Å². The van der Waals surface area contributed by atoms with E-state index in [-0.39, 0.29) is 12.2 Å². The fraction of sp³-hybridized carbons (Fsp3) is 0.273. The van der Waals surface area contributed by atoms with Crippen LogP contribution in [0.2, 0.25) is 0 Å². The lowest BCUT2D eigenvalue weighted by atomic mass is 10.1. The van der Waals surface area contributed by atoms with Crippen LogP contribution in [0.15, 0.2) is 59.3 Å². The second-order valence-electron chi connectivity index (χ2n) is 6.10. The van der Waals surface area contributed by atoms with Gasteiger partial charge in [-0.05, 0) is 36.1 Å². The Morgan fingerprint density at radius 3 is 2.19 bits per heavy atom. The summed E-state index contributed by atoms with van der Waals surface area (Å²) < 4.78 is 32.7. The van der Waals surface area contributed by atoms with E-state index in [0.717, 1.165) is 24.1 Å². The third kappa shape index (κ3) is 6.77. The zero-order valence-corrected chi connectivity index (χ0v) is 15.5. The van der Waals surface area contributed by atoms with Gasteiger partial charge in [-0.15, -0.1) is 0 Å². The molecule has 0 aliphatic heterocycles. The molecular weight excluding hydrogens is 346 g/mol. The first-order chi connectivity index (χ1) is 13.1. The lowest BCUT2D eigenvalue weighted by Crippen LogP contribution is -2.00. The van der Waals surface area contributed by atoms with Crippen molar-refractivity contribution in [1.29, 1.82) is 0 Å². The van der Waals surface area contributed by atoms with E-state index in [4.69, 9.17) is 4.74 Å². The van der Waals surface area contributed by atoms with Crippen LogP contribution in [0.3, 0.4) is 0 Å². The summed E-state index contributed by atoms with van der Waals surface area (Å²) in [4.78, 5) is 0. The van der Waals surface area contributed by atoms with Crippen molar-refractivity contribution in [2.45, 2.75) is 32.6 Å². The summed E-state index contributed by atoms with van der Waals surface area (Å²) >= 11 is 0. The summed E-state index contributed by atoms with van der Waals surface area (Å²) in [6.45, 7) is 5.66. The molecule has 0 unspecified atom stereocenters. The highest BCUT2D eigenvalue weighted by atomic mass is 19.1. The Morgan fingerprint density at radius 1 is 0.963 bits per heavy atom. The zero-order chi connectivity index (χ0) is 19.5. The molecule has 0 atom stereocenters. The maximum Gasteiger partial charge on any atom is 0.191 e. The molecule has 0 saturated heterocycles. The molecule has 2 rings (SSSR count). The van der Waals surface area contributed by atoms with Gasteiger partial charge in [0, 0.05) is 5.56 Å². The average molecular weight is 370 g/mol. The van der Waals surface area contributed by atoms with Gasteiger partial charge >= 0.3 is 0 Å². The third-order valence-electron chi connectivity index (χ3n) is 3.90. The number of halogens is 2. The van der Waals surface area contributed by atoms with Crippen molar-refractivity contribution in [2.24, 2.45) is 10.2 Å². The number of hydrogen-bond donors (Lipinski definition) is 0.